The fraction of sp³-hybridized carbons (Fsp3) is 0.0476. The number of benzene rings is 3. The van der Waals surface area contributed by atoms with E-state index in [4.69, 9.17) is 0 Å². The van der Waals surface area contributed by atoms with Crippen molar-refractivity contribution >= 4 is 22.6 Å². The third-order valence-electron chi connectivity index (χ3n) is 4.26. The van der Waals surface area contributed by atoms with E-state index in [0.29, 0.717) is 11.5 Å². The maximum atomic E-state index is 12.8. The summed E-state index contributed by atoms with van der Waals surface area (Å²) in [5.41, 5.74) is 2.14. The second-order valence-corrected chi connectivity index (χ2v) is 6.21. The number of halogens is 3. The van der Waals surface area contributed by atoms with Crippen molar-refractivity contribution in [3.8, 4) is 11.4 Å². The number of H-pyrrole nitrogens is 1. The first kappa shape index (κ1) is 17.8. The lowest BCUT2D eigenvalue weighted by atomic mass is 10.1. The van der Waals surface area contributed by atoms with E-state index in [2.05, 4.69) is 15.3 Å². The van der Waals surface area contributed by atoms with Crippen molar-refractivity contribution < 1.29 is 18.0 Å². The molecule has 1 heterocycles. The van der Waals surface area contributed by atoms with Crippen LogP contribution in [0.1, 0.15) is 15.9 Å². The molecule has 4 nitrogen and oxygen atoms in total. The minimum absolute atomic E-state index is 0.0591. The maximum absolute atomic E-state index is 12.8. The van der Waals surface area contributed by atoms with Crippen LogP contribution in [0.15, 0.2) is 72.8 Å². The molecule has 1 aromatic heterocycles. The number of aromatic nitrogens is 2. The van der Waals surface area contributed by atoms with Crippen molar-refractivity contribution in [3.63, 3.8) is 0 Å². The number of amides is 1. The van der Waals surface area contributed by atoms with E-state index >= 15 is 0 Å². The van der Waals surface area contributed by atoms with E-state index in [9.17, 15) is 18.0 Å². The van der Waals surface area contributed by atoms with Gasteiger partial charge in [0, 0.05) is 16.8 Å². The summed E-state index contributed by atoms with van der Waals surface area (Å²) in [5.74, 6) is 0.0829. The Hall–Kier alpha value is -3.61. The Bertz CT molecular complexity index is 1110. The molecule has 4 aromatic rings. The molecule has 0 saturated carbocycles. The number of nitrogens with zero attached hydrogens (tertiary/aromatic N) is 1. The van der Waals surface area contributed by atoms with E-state index in [-0.39, 0.29) is 5.56 Å². The molecule has 0 fully saturated rings. The highest BCUT2D eigenvalue weighted by atomic mass is 19.4. The number of imidazole rings is 1. The number of nitrogens with one attached hydrogen (secondary N) is 2. The number of fused-ring (bicyclic) bond motifs is 1. The molecule has 0 bridgehead atoms. The van der Waals surface area contributed by atoms with Crippen LogP contribution in [-0.4, -0.2) is 15.9 Å². The van der Waals surface area contributed by atoms with Crippen molar-refractivity contribution in [1.29, 1.82) is 0 Å². The van der Waals surface area contributed by atoms with Crippen LogP contribution in [0.25, 0.3) is 22.4 Å². The molecular formula is C21H14F3N3O. The Morgan fingerprint density at radius 3 is 2.39 bits per heavy atom. The van der Waals surface area contributed by atoms with Crippen LogP contribution in [0.2, 0.25) is 0 Å². The second-order valence-electron chi connectivity index (χ2n) is 6.21. The summed E-state index contributed by atoms with van der Waals surface area (Å²) in [5, 5.41) is 2.61. The second kappa shape index (κ2) is 6.84. The zero-order valence-electron chi connectivity index (χ0n) is 14.4. The molecule has 7 heteroatoms. The zero-order chi connectivity index (χ0) is 19.7. The highest BCUT2D eigenvalue weighted by molar-refractivity contribution is 6.04. The average Bonchev–Trinajstić information content (AvgIpc) is 3.12. The Balaban J connectivity index is 1.52. The van der Waals surface area contributed by atoms with E-state index in [0.717, 1.165) is 28.7 Å². The van der Waals surface area contributed by atoms with Gasteiger partial charge in [-0.3, -0.25) is 4.79 Å². The minimum atomic E-state index is -4.50. The SMILES string of the molecule is O=C(Nc1ccc(-c2nc3ccccc3[nH]2)cc1)c1cccc(C(F)(F)F)c1. The van der Waals surface area contributed by atoms with Gasteiger partial charge < -0.3 is 10.3 Å². The van der Waals surface area contributed by atoms with Crippen molar-refractivity contribution in [1.82, 2.24) is 9.97 Å². The van der Waals surface area contributed by atoms with Gasteiger partial charge in [0.05, 0.1) is 16.6 Å². The van der Waals surface area contributed by atoms with Gasteiger partial charge in [-0.2, -0.15) is 13.2 Å². The molecule has 28 heavy (non-hydrogen) atoms. The monoisotopic (exact) mass is 381 g/mol. The lowest BCUT2D eigenvalue weighted by molar-refractivity contribution is -0.137. The number of hydrogen-bond donors (Lipinski definition) is 2. The molecule has 140 valence electrons. The van der Waals surface area contributed by atoms with Gasteiger partial charge in [-0.1, -0.05) is 18.2 Å². The van der Waals surface area contributed by atoms with Crippen LogP contribution in [0, 0.1) is 0 Å². The lowest BCUT2D eigenvalue weighted by Crippen LogP contribution is -2.13. The van der Waals surface area contributed by atoms with E-state index in [1.54, 1.807) is 24.3 Å². The summed E-state index contributed by atoms with van der Waals surface area (Å²) in [4.78, 5) is 20.0. The van der Waals surface area contributed by atoms with Crippen LogP contribution in [0.5, 0.6) is 0 Å². The number of carbonyl (C=O) groups is 1. The molecule has 1 amide bonds. The Kier molecular flexibility index (Phi) is 4.35. The lowest BCUT2D eigenvalue weighted by Gasteiger charge is -2.09. The van der Waals surface area contributed by atoms with Crippen LogP contribution >= 0.6 is 0 Å². The predicted molar refractivity (Wildman–Crippen MR) is 101 cm³/mol. The summed E-state index contributed by atoms with van der Waals surface area (Å²) in [6, 6.07) is 18.9. The van der Waals surface area contributed by atoms with Gasteiger partial charge in [0.15, 0.2) is 0 Å². The molecule has 0 radical (unpaired) electrons. The first-order chi connectivity index (χ1) is 13.4. The number of aromatic amines is 1. The standard InChI is InChI=1S/C21H14F3N3O/c22-21(23,24)15-5-3-4-14(12-15)20(28)25-16-10-8-13(9-11-16)19-26-17-6-1-2-7-18(17)27-19/h1-12H,(H,25,28)(H,26,27). The number of anilines is 1. The van der Waals surface area contributed by atoms with E-state index in [1.807, 2.05) is 24.3 Å². The van der Waals surface area contributed by atoms with E-state index in [1.165, 1.54) is 12.1 Å². The highest BCUT2D eigenvalue weighted by Gasteiger charge is 2.30. The first-order valence-electron chi connectivity index (χ1n) is 8.44. The highest BCUT2D eigenvalue weighted by Crippen LogP contribution is 2.29. The number of para-hydroxylation sites is 2. The van der Waals surface area contributed by atoms with Crippen molar-refractivity contribution in [3.05, 3.63) is 83.9 Å². The average molecular weight is 381 g/mol. The quantitative estimate of drug-likeness (QED) is 0.492. The molecule has 0 saturated heterocycles. The zero-order valence-corrected chi connectivity index (χ0v) is 14.4. The van der Waals surface area contributed by atoms with Gasteiger partial charge in [-0.15, -0.1) is 0 Å². The van der Waals surface area contributed by atoms with E-state index < -0.39 is 17.6 Å². The summed E-state index contributed by atoms with van der Waals surface area (Å²) in [6.07, 6.45) is -4.50. The minimum Gasteiger partial charge on any atom is -0.338 e. The molecule has 4 rings (SSSR count). The fourth-order valence-corrected chi connectivity index (χ4v) is 2.84. The third-order valence-corrected chi connectivity index (χ3v) is 4.26. The van der Waals surface area contributed by atoms with Gasteiger partial charge in [-0.05, 0) is 54.6 Å². The number of rotatable bonds is 3. The Morgan fingerprint density at radius 2 is 1.68 bits per heavy atom. The van der Waals surface area contributed by atoms with Gasteiger partial charge in [0.1, 0.15) is 5.82 Å². The van der Waals surface area contributed by atoms with Crippen LogP contribution in [-0.2, 0) is 6.18 Å². The molecule has 0 atom stereocenters. The first-order valence-corrected chi connectivity index (χ1v) is 8.44. The van der Waals surface area contributed by atoms with Gasteiger partial charge in [0.2, 0.25) is 0 Å². The third kappa shape index (κ3) is 3.59. The number of alkyl halides is 3. The van der Waals surface area contributed by atoms with Crippen LogP contribution < -0.4 is 5.32 Å². The summed E-state index contributed by atoms with van der Waals surface area (Å²) < 4.78 is 38.4. The molecule has 0 spiro atoms. The normalized spacial score (nSPS) is 11.5. The molecule has 0 aliphatic rings. The smallest absolute Gasteiger partial charge is 0.338 e. The Morgan fingerprint density at radius 1 is 0.929 bits per heavy atom. The summed E-state index contributed by atoms with van der Waals surface area (Å²) in [7, 11) is 0. The molecule has 2 N–H and O–H groups in total. The topological polar surface area (TPSA) is 57.8 Å². The van der Waals surface area contributed by atoms with Gasteiger partial charge >= 0.3 is 6.18 Å². The predicted octanol–water partition coefficient (Wildman–Crippen LogP) is 5.50. The fourth-order valence-electron chi connectivity index (χ4n) is 2.84. The molecule has 3 aromatic carbocycles. The van der Waals surface area contributed by atoms with Crippen molar-refractivity contribution in [2.24, 2.45) is 0 Å². The van der Waals surface area contributed by atoms with Crippen LogP contribution in [0.3, 0.4) is 0 Å². The summed E-state index contributed by atoms with van der Waals surface area (Å²) >= 11 is 0. The molecular weight excluding hydrogens is 367 g/mol. The van der Waals surface area contributed by atoms with Gasteiger partial charge in [0.25, 0.3) is 5.91 Å². The van der Waals surface area contributed by atoms with Crippen molar-refractivity contribution in [2.75, 3.05) is 5.32 Å². The number of carbonyl (C=O) groups excluding carboxylic acids is 1. The van der Waals surface area contributed by atoms with Crippen molar-refractivity contribution in [2.45, 2.75) is 6.18 Å². The van der Waals surface area contributed by atoms with Gasteiger partial charge in [-0.25, -0.2) is 4.98 Å². The largest absolute Gasteiger partial charge is 0.416 e. The maximum Gasteiger partial charge on any atom is 0.416 e. The molecule has 0 unspecified atom stereocenters. The molecule has 0 aliphatic carbocycles. The number of hydrogen-bond acceptors (Lipinski definition) is 2. The van der Waals surface area contributed by atoms with Crippen LogP contribution in [0.4, 0.5) is 18.9 Å². The molecule has 0 aliphatic heterocycles. The Labute approximate surface area is 158 Å². The summed E-state index contributed by atoms with van der Waals surface area (Å²) in [6.45, 7) is 0.